The summed E-state index contributed by atoms with van der Waals surface area (Å²) in [6, 6.07) is 12.7. The predicted molar refractivity (Wildman–Crippen MR) is 85.3 cm³/mol. The number of aromatic nitrogens is 3. The summed E-state index contributed by atoms with van der Waals surface area (Å²) < 4.78 is 1.93. The van der Waals surface area contributed by atoms with Crippen LogP contribution in [0.1, 0.15) is 22.0 Å². The van der Waals surface area contributed by atoms with Gasteiger partial charge in [0.1, 0.15) is 12.4 Å². The van der Waals surface area contributed by atoms with E-state index < -0.39 is 0 Å². The Morgan fingerprint density at radius 2 is 2.10 bits per heavy atom. The van der Waals surface area contributed by atoms with Crippen molar-refractivity contribution in [2.45, 2.75) is 13.0 Å². The van der Waals surface area contributed by atoms with Crippen LogP contribution in [-0.4, -0.2) is 14.8 Å². The Hall–Kier alpha value is -2.40. The first-order valence-electron chi connectivity index (χ1n) is 6.81. The van der Waals surface area contributed by atoms with Crippen LogP contribution in [0.4, 0.5) is 5.95 Å². The molecule has 0 fully saturated rings. The quantitative estimate of drug-likeness (QED) is 0.783. The van der Waals surface area contributed by atoms with Crippen LogP contribution in [0.5, 0.6) is 0 Å². The maximum Gasteiger partial charge on any atom is 0.226 e. The highest BCUT2D eigenvalue weighted by Gasteiger charge is 2.24. The predicted octanol–water partition coefficient (Wildman–Crippen LogP) is 3.70. The molecule has 0 radical (unpaired) electrons. The summed E-state index contributed by atoms with van der Waals surface area (Å²) in [5.41, 5.74) is 3.60. The van der Waals surface area contributed by atoms with E-state index in [1.807, 2.05) is 4.68 Å². The maximum atomic E-state index is 4.37. The van der Waals surface area contributed by atoms with Crippen molar-refractivity contribution in [3.8, 4) is 0 Å². The third-order valence-electron chi connectivity index (χ3n) is 3.70. The van der Waals surface area contributed by atoms with Gasteiger partial charge in [-0.1, -0.05) is 30.3 Å². The monoisotopic (exact) mass is 294 g/mol. The van der Waals surface area contributed by atoms with E-state index in [0.717, 1.165) is 11.6 Å². The second kappa shape index (κ2) is 4.86. The van der Waals surface area contributed by atoms with E-state index in [1.165, 1.54) is 16.0 Å². The van der Waals surface area contributed by atoms with Gasteiger partial charge in [-0.3, -0.25) is 0 Å². The Kier molecular flexibility index (Phi) is 2.86. The molecule has 4 nitrogen and oxygen atoms in total. The van der Waals surface area contributed by atoms with E-state index in [0.29, 0.717) is 0 Å². The van der Waals surface area contributed by atoms with Crippen LogP contribution in [0.25, 0.3) is 5.70 Å². The molecule has 1 aromatic carbocycles. The molecule has 3 aromatic rings. The molecule has 0 spiro atoms. The summed E-state index contributed by atoms with van der Waals surface area (Å²) in [4.78, 5) is 5.54. The van der Waals surface area contributed by atoms with Crippen molar-refractivity contribution in [3.63, 3.8) is 0 Å². The fourth-order valence-electron chi connectivity index (χ4n) is 2.65. The zero-order valence-corrected chi connectivity index (χ0v) is 12.3. The molecule has 1 N–H and O–H groups in total. The number of nitrogens with one attached hydrogen (secondary N) is 1. The van der Waals surface area contributed by atoms with Gasteiger partial charge in [-0.2, -0.15) is 10.1 Å². The van der Waals surface area contributed by atoms with Crippen molar-refractivity contribution in [2.75, 3.05) is 5.32 Å². The van der Waals surface area contributed by atoms with E-state index in [2.05, 4.69) is 70.2 Å². The van der Waals surface area contributed by atoms with Gasteiger partial charge in [0, 0.05) is 0 Å². The number of hydrogen-bond donors (Lipinski definition) is 1. The molecule has 3 heterocycles. The summed E-state index contributed by atoms with van der Waals surface area (Å²) in [7, 11) is 0. The van der Waals surface area contributed by atoms with Crippen molar-refractivity contribution in [3.05, 3.63) is 70.2 Å². The Balaban J connectivity index is 1.87. The van der Waals surface area contributed by atoms with Crippen molar-refractivity contribution < 1.29 is 0 Å². The number of anilines is 1. The van der Waals surface area contributed by atoms with Gasteiger partial charge >= 0.3 is 0 Å². The average molecular weight is 294 g/mol. The lowest BCUT2D eigenvalue weighted by atomic mass is 9.99. The SMILES string of the molecule is Cc1ccccc1C1C=C(c2cccs2)Nc2ncnn21. The van der Waals surface area contributed by atoms with E-state index in [1.54, 1.807) is 17.7 Å². The van der Waals surface area contributed by atoms with Gasteiger partial charge in [0.15, 0.2) is 0 Å². The molecule has 1 unspecified atom stereocenters. The Morgan fingerprint density at radius 1 is 1.19 bits per heavy atom. The molecule has 0 saturated heterocycles. The van der Waals surface area contributed by atoms with Crippen molar-refractivity contribution >= 4 is 23.0 Å². The first-order valence-corrected chi connectivity index (χ1v) is 7.68. The molecule has 1 aliphatic rings. The van der Waals surface area contributed by atoms with Crippen LogP contribution < -0.4 is 5.32 Å². The van der Waals surface area contributed by atoms with Gasteiger partial charge in [-0.25, -0.2) is 4.68 Å². The number of rotatable bonds is 2. The highest BCUT2D eigenvalue weighted by molar-refractivity contribution is 7.11. The Labute approximate surface area is 126 Å². The van der Waals surface area contributed by atoms with E-state index in [9.17, 15) is 0 Å². The van der Waals surface area contributed by atoms with Gasteiger partial charge in [0.25, 0.3) is 0 Å². The Morgan fingerprint density at radius 3 is 2.90 bits per heavy atom. The van der Waals surface area contributed by atoms with Crippen LogP contribution in [0.2, 0.25) is 0 Å². The lowest BCUT2D eigenvalue weighted by Gasteiger charge is -2.24. The number of aryl methyl sites for hydroxylation is 1. The third-order valence-corrected chi connectivity index (χ3v) is 4.60. The van der Waals surface area contributed by atoms with Crippen molar-refractivity contribution in [1.82, 2.24) is 14.8 Å². The van der Waals surface area contributed by atoms with Crippen LogP contribution >= 0.6 is 11.3 Å². The van der Waals surface area contributed by atoms with E-state index in [4.69, 9.17) is 0 Å². The molecule has 0 aliphatic carbocycles. The van der Waals surface area contributed by atoms with Crippen molar-refractivity contribution in [1.29, 1.82) is 0 Å². The summed E-state index contributed by atoms with van der Waals surface area (Å²) in [6.07, 6.45) is 3.81. The summed E-state index contributed by atoms with van der Waals surface area (Å²) >= 11 is 1.72. The lowest BCUT2D eigenvalue weighted by molar-refractivity contribution is 0.609. The largest absolute Gasteiger partial charge is 0.323 e. The molecule has 1 atom stereocenters. The number of nitrogens with zero attached hydrogens (tertiary/aromatic N) is 3. The molecule has 0 saturated carbocycles. The molecule has 1 aliphatic heterocycles. The molecular formula is C16H14N4S. The maximum absolute atomic E-state index is 4.37. The fourth-order valence-corrected chi connectivity index (χ4v) is 3.36. The minimum Gasteiger partial charge on any atom is -0.323 e. The van der Waals surface area contributed by atoms with Gasteiger partial charge < -0.3 is 5.32 Å². The number of thiophene rings is 1. The minimum absolute atomic E-state index is 0.0713. The second-order valence-electron chi connectivity index (χ2n) is 5.01. The summed E-state index contributed by atoms with van der Waals surface area (Å²) in [5.74, 6) is 0.786. The molecule has 4 rings (SSSR count). The summed E-state index contributed by atoms with van der Waals surface area (Å²) in [5, 5.41) is 9.82. The lowest BCUT2D eigenvalue weighted by Crippen LogP contribution is -2.20. The third kappa shape index (κ3) is 2.06. The number of allylic oxidation sites excluding steroid dienone is 1. The van der Waals surface area contributed by atoms with Gasteiger partial charge in [-0.15, -0.1) is 11.3 Å². The van der Waals surface area contributed by atoms with Gasteiger partial charge in [0.2, 0.25) is 5.95 Å². The van der Waals surface area contributed by atoms with E-state index >= 15 is 0 Å². The molecule has 2 aromatic heterocycles. The first kappa shape index (κ1) is 12.3. The Bertz CT molecular complexity index is 801. The first-order chi connectivity index (χ1) is 10.3. The normalized spacial score (nSPS) is 17.0. The average Bonchev–Trinajstić information content (AvgIpc) is 3.18. The fraction of sp³-hybridized carbons (Fsp3) is 0.125. The van der Waals surface area contributed by atoms with Gasteiger partial charge in [-0.05, 0) is 35.6 Å². The topological polar surface area (TPSA) is 42.7 Å². The van der Waals surface area contributed by atoms with Gasteiger partial charge in [0.05, 0.1) is 10.6 Å². The van der Waals surface area contributed by atoms with E-state index in [-0.39, 0.29) is 6.04 Å². The van der Waals surface area contributed by atoms with Crippen LogP contribution in [0.15, 0.2) is 54.2 Å². The number of hydrogen-bond acceptors (Lipinski definition) is 4. The molecule has 104 valence electrons. The highest BCUT2D eigenvalue weighted by atomic mass is 32.1. The number of benzene rings is 1. The summed E-state index contributed by atoms with van der Waals surface area (Å²) in [6.45, 7) is 2.13. The molecule has 0 bridgehead atoms. The van der Waals surface area contributed by atoms with Crippen LogP contribution in [0, 0.1) is 6.92 Å². The van der Waals surface area contributed by atoms with Crippen LogP contribution in [0.3, 0.4) is 0 Å². The molecule has 5 heteroatoms. The number of fused-ring (bicyclic) bond motifs is 1. The molecule has 0 amide bonds. The smallest absolute Gasteiger partial charge is 0.226 e. The van der Waals surface area contributed by atoms with Crippen LogP contribution in [-0.2, 0) is 0 Å². The molecular weight excluding hydrogens is 280 g/mol. The zero-order chi connectivity index (χ0) is 14.2. The highest BCUT2D eigenvalue weighted by Crippen LogP contribution is 2.34. The molecule has 21 heavy (non-hydrogen) atoms. The second-order valence-corrected chi connectivity index (χ2v) is 5.96. The minimum atomic E-state index is 0.0713. The van der Waals surface area contributed by atoms with Crippen molar-refractivity contribution in [2.24, 2.45) is 0 Å². The standard InChI is InChI=1S/C16H14N4S/c1-11-5-2-3-6-12(11)14-9-13(15-7-4-8-21-15)19-16-17-10-18-20(14)16/h2-10,14H,1H3,(H,17,18,19). The zero-order valence-electron chi connectivity index (χ0n) is 11.5.